The molecule has 1 fully saturated rings. The van der Waals surface area contributed by atoms with Crippen LogP contribution in [-0.2, 0) is 4.79 Å². The lowest BCUT2D eigenvalue weighted by Gasteiger charge is -2.26. The molecule has 124 valence electrons. The van der Waals surface area contributed by atoms with Gasteiger partial charge in [0.05, 0.1) is 18.6 Å². The van der Waals surface area contributed by atoms with Crippen LogP contribution in [0.25, 0.3) is 0 Å². The topological polar surface area (TPSA) is 65.7 Å². The number of aliphatic hydroxyl groups is 1. The molecule has 0 spiro atoms. The Kier molecular flexibility index (Phi) is 6.03. The second kappa shape index (κ2) is 7.79. The second-order valence-corrected chi connectivity index (χ2v) is 6.53. The number of nitrogens with zero attached hydrogens (tertiary/aromatic N) is 1. The van der Waals surface area contributed by atoms with Gasteiger partial charge in [0.25, 0.3) is 0 Å². The Morgan fingerprint density at radius 3 is 2.59 bits per heavy atom. The zero-order chi connectivity index (χ0) is 16.1. The van der Waals surface area contributed by atoms with Crippen molar-refractivity contribution in [1.82, 2.24) is 10.2 Å². The molecule has 2 heterocycles. The Balaban J connectivity index is 1.94. The first kappa shape index (κ1) is 17.0. The van der Waals surface area contributed by atoms with Gasteiger partial charge in [0, 0.05) is 6.54 Å². The highest BCUT2D eigenvalue weighted by atomic mass is 16.3. The van der Waals surface area contributed by atoms with E-state index in [1.54, 1.807) is 0 Å². The van der Waals surface area contributed by atoms with Crippen molar-refractivity contribution in [2.45, 2.75) is 52.2 Å². The summed E-state index contributed by atoms with van der Waals surface area (Å²) in [6, 6.07) is 4.03. The fraction of sp³-hybridized carbons (Fsp3) is 0.706. The van der Waals surface area contributed by atoms with E-state index in [0.29, 0.717) is 6.54 Å². The molecule has 2 rings (SSSR count). The molecular weight excluding hydrogens is 280 g/mol. The van der Waals surface area contributed by atoms with Gasteiger partial charge in [-0.25, -0.2) is 0 Å². The monoisotopic (exact) mass is 308 g/mol. The number of furan rings is 1. The number of rotatable bonds is 7. The van der Waals surface area contributed by atoms with E-state index in [0.717, 1.165) is 24.6 Å². The van der Waals surface area contributed by atoms with Crippen LogP contribution in [0.3, 0.4) is 0 Å². The summed E-state index contributed by atoms with van der Waals surface area (Å²) in [7, 11) is 0. The zero-order valence-corrected chi connectivity index (χ0v) is 13.8. The van der Waals surface area contributed by atoms with E-state index < -0.39 is 6.10 Å². The number of nitrogens with one attached hydrogen (secondary N) is 1. The van der Waals surface area contributed by atoms with E-state index in [1.807, 2.05) is 32.9 Å². The second-order valence-electron chi connectivity index (χ2n) is 6.53. The first-order chi connectivity index (χ1) is 10.5. The first-order valence-corrected chi connectivity index (χ1v) is 8.22. The highest BCUT2D eigenvalue weighted by Crippen LogP contribution is 2.26. The van der Waals surface area contributed by atoms with Gasteiger partial charge >= 0.3 is 0 Å². The predicted octanol–water partition coefficient (Wildman–Crippen LogP) is 2.25. The van der Waals surface area contributed by atoms with Crippen LogP contribution in [0.1, 0.15) is 50.7 Å². The van der Waals surface area contributed by atoms with Crippen LogP contribution in [-0.4, -0.2) is 41.7 Å². The molecule has 2 N–H and O–H groups in total. The van der Waals surface area contributed by atoms with E-state index in [-0.39, 0.29) is 24.3 Å². The Labute approximate surface area is 132 Å². The predicted molar refractivity (Wildman–Crippen MR) is 85.5 cm³/mol. The maximum Gasteiger partial charge on any atom is 0.222 e. The molecule has 1 aliphatic rings. The van der Waals surface area contributed by atoms with Gasteiger partial charge in [-0.3, -0.25) is 9.69 Å². The molecule has 1 amide bonds. The summed E-state index contributed by atoms with van der Waals surface area (Å²) in [6.07, 6.45) is 1.95. The number of carbonyl (C=O) groups excluding carboxylic acids is 1. The third-order valence-corrected chi connectivity index (χ3v) is 4.33. The SMILES string of the molecule is Cc1ccc(C(CNC(=O)CC(O)C(C)C)N2CCCC2)o1. The molecule has 0 aliphatic carbocycles. The number of likely N-dealkylation sites (tertiary alicyclic amines) is 1. The van der Waals surface area contributed by atoms with Crippen molar-refractivity contribution in [3.8, 4) is 0 Å². The van der Waals surface area contributed by atoms with Crippen LogP contribution in [0.2, 0.25) is 0 Å². The van der Waals surface area contributed by atoms with Gasteiger partial charge in [-0.15, -0.1) is 0 Å². The third-order valence-electron chi connectivity index (χ3n) is 4.33. The molecule has 1 aliphatic heterocycles. The smallest absolute Gasteiger partial charge is 0.222 e. The van der Waals surface area contributed by atoms with Crippen LogP contribution >= 0.6 is 0 Å². The number of aliphatic hydroxyl groups excluding tert-OH is 1. The van der Waals surface area contributed by atoms with Gasteiger partial charge in [-0.05, 0) is 50.9 Å². The molecule has 0 radical (unpaired) electrons. The van der Waals surface area contributed by atoms with E-state index in [4.69, 9.17) is 4.42 Å². The van der Waals surface area contributed by atoms with Gasteiger partial charge in [-0.2, -0.15) is 0 Å². The van der Waals surface area contributed by atoms with Crippen molar-refractivity contribution in [2.24, 2.45) is 5.92 Å². The standard InChI is InChI=1S/C17H28N2O3/c1-12(2)15(20)10-17(21)18-11-14(19-8-4-5-9-19)16-7-6-13(3)22-16/h6-7,12,14-15,20H,4-5,8-11H2,1-3H3,(H,18,21). The zero-order valence-electron chi connectivity index (χ0n) is 13.8. The molecule has 5 nitrogen and oxygen atoms in total. The van der Waals surface area contributed by atoms with Crippen molar-refractivity contribution in [3.63, 3.8) is 0 Å². The largest absolute Gasteiger partial charge is 0.465 e. The van der Waals surface area contributed by atoms with Crippen molar-refractivity contribution >= 4 is 5.91 Å². The van der Waals surface area contributed by atoms with E-state index >= 15 is 0 Å². The van der Waals surface area contributed by atoms with Crippen molar-refractivity contribution in [3.05, 3.63) is 23.7 Å². The van der Waals surface area contributed by atoms with E-state index in [9.17, 15) is 9.90 Å². The third kappa shape index (κ3) is 4.58. The minimum Gasteiger partial charge on any atom is -0.465 e. The fourth-order valence-electron chi connectivity index (χ4n) is 2.80. The van der Waals surface area contributed by atoms with Crippen LogP contribution in [0.5, 0.6) is 0 Å². The van der Waals surface area contributed by atoms with Crippen LogP contribution in [0.15, 0.2) is 16.5 Å². The van der Waals surface area contributed by atoms with Gasteiger partial charge in [0.15, 0.2) is 0 Å². The molecule has 0 saturated carbocycles. The minimum absolute atomic E-state index is 0.0799. The van der Waals surface area contributed by atoms with Crippen LogP contribution in [0.4, 0.5) is 0 Å². The Morgan fingerprint density at radius 1 is 1.36 bits per heavy atom. The highest BCUT2D eigenvalue weighted by Gasteiger charge is 2.26. The Morgan fingerprint density at radius 2 is 2.05 bits per heavy atom. The first-order valence-electron chi connectivity index (χ1n) is 8.22. The van der Waals surface area contributed by atoms with Gasteiger partial charge in [0.1, 0.15) is 11.5 Å². The number of amides is 1. The number of hydrogen-bond acceptors (Lipinski definition) is 4. The van der Waals surface area contributed by atoms with Gasteiger partial charge in [-0.1, -0.05) is 13.8 Å². The summed E-state index contributed by atoms with van der Waals surface area (Å²) < 4.78 is 5.77. The van der Waals surface area contributed by atoms with Crippen molar-refractivity contribution in [2.75, 3.05) is 19.6 Å². The lowest BCUT2D eigenvalue weighted by Crippen LogP contribution is -2.38. The molecule has 0 aromatic carbocycles. The van der Waals surface area contributed by atoms with E-state index in [2.05, 4.69) is 10.2 Å². The molecule has 22 heavy (non-hydrogen) atoms. The maximum absolute atomic E-state index is 12.0. The summed E-state index contributed by atoms with van der Waals surface area (Å²) in [4.78, 5) is 14.4. The summed E-state index contributed by atoms with van der Waals surface area (Å²) >= 11 is 0. The number of hydrogen-bond donors (Lipinski definition) is 2. The van der Waals surface area contributed by atoms with Gasteiger partial charge < -0.3 is 14.8 Å². The minimum atomic E-state index is -0.587. The van der Waals surface area contributed by atoms with Crippen LogP contribution in [0, 0.1) is 12.8 Å². The summed E-state index contributed by atoms with van der Waals surface area (Å²) in [5, 5.41) is 12.8. The normalized spacial score (nSPS) is 18.6. The highest BCUT2D eigenvalue weighted by molar-refractivity contribution is 5.76. The van der Waals surface area contributed by atoms with Gasteiger partial charge in [0.2, 0.25) is 5.91 Å². The summed E-state index contributed by atoms with van der Waals surface area (Å²) in [5.74, 6) is 1.78. The number of aryl methyl sites for hydroxylation is 1. The Hall–Kier alpha value is -1.33. The lowest BCUT2D eigenvalue weighted by atomic mass is 10.0. The van der Waals surface area contributed by atoms with Crippen molar-refractivity contribution in [1.29, 1.82) is 0 Å². The quantitative estimate of drug-likeness (QED) is 0.811. The molecule has 1 aromatic heterocycles. The lowest BCUT2D eigenvalue weighted by molar-refractivity contribution is -0.123. The average molecular weight is 308 g/mol. The molecule has 2 unspecified atom stereocenters. The summed E-state index contributed by atoms with van der Waals surface area (Å²) in [6.45, 7) is 8.36. The molecular formula is C17H28N2O3. The van der Waals surface area contributed by atoms with Crippen LogP contribution < -0.4 is 5.32 Å². The molecule has 1 aromatic rings. The van der Waals surface area contributed by atoms with Crippen molar-refractivity contribution < 1.29 is 14.3 Å². The molecule has 5 heteroatoms. The average Bonchev–Trinajstić information content (AvgIpc) is 3.11. The Bertz CT molecular complexity index is 478. The maximum atomic E-state index is 12.0. The number of carbonyl (C=O) groups is 1. The molecule has 2 atom stereocenters. The van der Waals surface area contributed by atoms with E-state index in [1.165, 1.54) is 12.8 Å². The molecule has 0 bridgehead atoms. The summed E-state index contributed by atoms with van der Waals surface area (Å²) in [5.41, 5.74) is 0. The fourth-order valence-corrected chi connectivity index (χ4v) is 2.80. The molecule has 1 saturated heterocycles.